The molecule has 0 atom stereocenters. The van der Waals surface area contributed by atoms with Crippen LogP contribution in [0.4, 0.5) is 0 Å². The van der Waals surface area contributed by atoms with Crippen molar-refractivity contribution in [2.24, 2.45) is 0 Å². The van der Waals surface area contributed by atoms with E-state index in [-0.39, 0.29) is 0 Å². The van der Waals surface area contributed by atoms with E-state index in [4.69, 9.17) is 0 Å². The van der Waals surface area contributed by atoms with Crippen LogP contribution >= 0.6 is 0 Å². The van der Waals surface area contributed by atoms with Gasteiger partial charge in [-0.25, -0.2) is 0 Å². The molecule has 0 saturated heterocycles. The van der Waals surface area contributed by atoms with Gasteiger partial charge in [0.25, 0.3) is 0 Å². The molecule has 55 heavy (non-hydrogen) atoms. The molecular weight excluding hydrogens is 681 g/mol. The predicted molar refractivity (Wildman–Crippen MR) is 237 cm³/mol. The summed E-state index contributed by atoms with van der Waals surface area (Å²) in [5.41, 5.74) is 9.99. The Morgan fingerprint density at radius 2 is 0.800 bits per heavy atom. The average molecular weight is 716 g/mol. The molecule has 258 valence electrons. The molecule has 0 aliphatic carbocycles. The SMILES string of the molecule is c1ccc([SiH-]2(c3ccccc3)c3ccccc3-c3ccc(-n4c5ccccc5c5c6c7ccccc7n(-c7ccc8ccccc8c7)c6ccc54)cc32)cc1. The van der Waals surface area contributed by atoms with Crippen molar-refractivity contribution in [1.29, 1.82) is 0 Å². The number of rotatable bonds is 4. The van der Waals surface area contributed by atoms with Crippen LogP contribution < -0.4 is 20.7 Å². The van der Waals surface area contributed by atoms with Crippen LogP contribution in [0.3, 0.4) is 0 Å². The molecule has 9 aromatic carbocycles. The Balaban J connectivity index is 1.17. The first-order valence-electron chi connectivity index (χ1n) is 19.3. The first kappa shape index (κ1) is 30.5. The fourth-order valence-electron chi connectivity index (χ4n) is 10.4. The summed E-state index contributed by atoms with van der Waals surface area (Å²) in [6.45, 7) is 0. The van der Waals surface area contributed by atoms with Gasteiger partial charge in [0.1, 0.15) is 0 Å². The fraction of sp³-hybridized carbons (Fsp3) is 0. The summed E-state index contributed by atoms with van der Waals surface area (Å²) in [6.07, 6.45) is 0. The molecule has 2 aromatic heterocycles. The summed E-state index contributed by atoms with van der Waals surface area (Å²) in [5.74, 6) is 0. The van der Waals surface area contributed by atoms with Gasteiger partial charge in [0, 0.05) is 0 Å². The normalized spacial score (nSPS) is 13.8. The third kappa shape index (κ3) is 4.13. The molecule has 1 aliphatic heterocycles. The van der Waals surface area contributed by atoms with Crippen LogP contribution in [0, 0.1) is 0 Å². The van der Waals surface area contributed by atoms with Gasteiger partial charge in [-0.05, 0) is 5.39 Å². The van der Waals surface area contributed by atoms with E-state index in [0.717, 1.165) is 0 Å². The quantitative estimate of drug-likeness (QED) is 0.161. The van der Waals surface area contributed by atoms with Gasteiger partial charge in [-0.2, -0.15) is 0 Å². The summed E-state index contributed by atoms with van der Waals surface area (Å²) in [7, 11) is -3.09. The van der Waals surface area contributed by atoms with Gasteiger partial charge in [-0.3, -0.25) is 0 Å². The second kappa shape index (κ2) is 11.5. The van der Waals surface area contributed by atoms with Crippen molar-refractivity contribution in [3.05, 3.63) is 206 Å². The molecule has 11 aromatic rings. The molecule has 0 radical (unpaired) electrons. The van der Waals surface area contributed by atoms with Gasteiger partial charge in [0.15, 0.2) is 0 Å². The molecule has 0 fully saturated rings. The second-order valence-electron chi connectivity index (χ2n) is 15.1. The molecule has 0 amide bonds. The minimum absolute atomic E-state index is 1.18. The summed E-state index contributed by atoms with van der Waals surface area (Å²) in [4.78, 5) is 0. The molecule has 0 saturated carbocycles. The van der Waals surface area contributed by atoms with Crippen molar-refractivity contribution < 1.29 is 0 Å². The molecule has 0 spiro atoms. The molecule has 0 unspecified atom stereocenters. The van der Waals surface area contributed by atoms with Crippen LogP contribution in [-0.2, 0) is 0 Å². The Kier molecular flexibility index (Phi) is 6.39. The number of hydrogen-bond acceptors (Lipinski definition) is 0. The number of fused-ring (bicyclic) bond motifs is 11. The summed E-state index contributed by atoms with van der Waals surface area (Å²) in [6, 6.07) is 77.2. The van der Waals surface area contributed by atoms with Gasteiger partial charge in [-0.15, -0.1) is 0 Å². The Labute approximate surface area is 319 Å². The van der Waals surface area contributed by atoms with Gasteiger partial charge in [0.2, 0.25) is 0 Å². The van der Waals surface area contributed by atoms with Crippen molar-refractivity contribution in [1.82, 2.24) is 9.13 Å². The molecule has 12 rings (SSSR count). The number of hydrogen-bond donors (Lipinski definition) is 0. The van der Waals surface area contributed by atoms with Crippen LogP contribution in [0.15, 0.2) is 206 Å². The molecular formula is C52H35N2Si-. The third-order valence-electron chi connectivity index (χ3n) is 12.5. The zero-order valence-electron chi connectivity index (χ0n) is 30.1. The topological polar surface area (TPSA) is 9.86 Å². The van der Waals surface area contributed by atoms with E-state index in [9.17, 15) is 0 Å². The van der Waals surface area contributed by atoms with E-state index in [1.165, 1.54) is 97.6 Å². The number of benzene rings is 9. The summed E-state index contributed by atoms with van der Waals surface area (Å²) >= 11 is 0. The van der Waals surface area contributed by atoms with Gasteiger partial charge in [-0.1, -0.05) is 24.3 Å². The van der Waals surface area contributed by atoms with Crippen molar-refractivity contribution >= 4 is 83.2 Å². The monoisotopic (exact) mass is 715 g/mol. The molecule has 2 nitrogen and oxygen atoms in total. The van der Waals surface area contributed by atoms with E-state index < -0.39 is 8.07 Å². The maximum atomic E-state index is 2.55. The van der Waals surface area contributed by atoms with E-state index in [1.54, 1.807) is 0 Å². The first-order valence-corrected chi connectivity index (χ1v) is 21.6. The van der Waals surface area contributed by atoms with Crippen LogP contribution in [0.5, 0.6) is 0 Å². The second-order valence-corrected chi connectivity index (χ2v) is 19.4. The Morgan fingerprint density at radius 1 is 0.309 bits per heavy atom. The zero-order valence-corrected chi connectivity index (χ0v) is 31.3. The van der Waals surface area contributed by atoms with Crippen LogP contribution in [0.2, 0.25) is 0 Å². The summed E-state index contributed by atoms with van der Waals surface area (Å²) in [5, 5.41) is 13.5. The van der Waals surface area contributed by atoms with Gasteiger partial charge in [0.05, 0.1) is 0 Å². The van der Waals surface area contributed by atoms with Crippen molar-refractivity contribution in [2.45, 2.75) is 0 Å². The predicted octanol–water partition coefficient (Wildman–Crippen LogP) is 10.1. The van der Waals surface area contributed by atoms with E-state index in [1.807, 2.05) is 0 Å². The van der Waals surface area contributed by atoms with Crippen molar-refractivity contribution in [3.63, 3.8) is 0 Å². The molecule has 3 heteroatoms. The average Bonchev–Trinajstić information content (AvgIpc) is 3.88. The standard InChI is InChI=1S/C52H35N2Si/c1-3-17-39(18-4-1)55(40-19-5-2-6-20-40)49-26-14-11-21-41(49)42-30-29-38(34-50(42)55)54-46-25-13-10-23-44(46)52-48(54)32-31-47-51(52)43-22-9-12-24-45(43)53(47)37-28-27-35-15-7-8-16-36(35)33-37/h1-34,55H/q-1. The first-order chi connectivity index (χ1) is 27.3. The molecule has 0 bridgehead atoms. The molecule has 1 aliphatic rings. The van der Waals surface area contributed by atoms with Crippen LogP contribution in [0.25, 0.3) is 76.9 Å². The zero-order chi connectivity index (χ0) is 36.1. The molecule has 3 heterocycles. The molecule has 0 N–H and O–H groups in total. The number of aromatic nitrogens is 2. The van der Waals surface area contributed by atoms with Crippen LogP contribution in [-0.4, -0.2) is 17.2 Å². The van der Waals surface area contributed by atoms with E-state index >= 15 is 0 Å². The fourth-order valence-corrected chi connectivity index (χ4v) is 16.4. The number of para-hydroxylation sites is 2. The van der Waals surface area contributed by atoms with Crippen LogP contribution in [0.1, 0.15) is 0 Å². The Morgan fingerprint density at radius 3 is 1.45 bits per heavy atom. The number of nitrogens with zero attached hydrogens (tertiary/aromatic N) is 2. The Bertz CT molecular complexity index is 3280. The third-order valence-corrected chi connectivity index (χ3v) is 18.2. The van der Waals surface area contributed by atoms with Gasteiger partial charge < -0.3 is 0 Å². The summed E-state index contributed by atoms with van der Waals surface area (Å²) < 4.78 is 4.98. The van der Waals surface area contributed by atoms with Crippen molar-refractivity contribution in [3.8, 4) is 22.5 Å². The maximum absolute atomic E-state index is 3.09. The van der Waals surface area contributed by atoms with E-state index in [0.29, 0.717) is 0 Å². The Hall–Kier alpha value is -6.94. The van der Waals surface area contributed by atoms with E-state index in [2.05, 4.69) is 215 Å². The minimum atomic E-state index is -3.09. The van der Waals surface area contributed by atoms with Gasteiger partial charge >= 0.3 is 291 Å². The van der Waals surface area contributed by atoms with Crippen molar-refractivity contribution in [2.75, 3.05) is 0 Å².